The van der Waals surface area contributed by atoms with Gasteiger partial charge in [0.25, 0.3) is 0 Å². The van der Waals surface area contributed by atoms with E-state index >= 15 is 0 Å². The van der Waals surface area contributed by atoms with Crippen molar-refractivity contribution in [2.75, 3.05) is 29.9 Å². The summed E-state index contributed by atoms with van der Waals surface area (Å²) in [6.07, 6.45) is 2.56. The lowest BCUT2D eigenvalue weighted by Gasteiger charge is -2.18. The van der Waals surface area contributed by atoms with E-state index in [1.54, 1.807) is 19.1 Å². The second kappa shape index (κ2) is 9.55. The number of hydrogen-bond acceptors (Lipinski definition) is 4. The van der Waals surface area contributed by atoms with Crippen LogP contribution < -0.4 is 15.5 Å². The maximum absolute atomic E-state index is 11.8. The molecule has 0 spiro atoms. The Bertz CT molecular complexity index is 830. The van der Waals surface area contributed by atoms with Gasteiger partial charge in [-0.15, -0.1) is 0 Å². The smallest absolute Gasteiger partial charge is 0.338 e. The Kier molecular flexibility index (Phi) is 6.87. The summed E-state index contributed by atoms with van der Waals surface area (Å²) in [7, 11) is 0. The summed E-state index contributed by atoms with van der Waals surface area (Å²) in [5.74, 6) is -0.310. The summed E-state index contributed by atoms with van der Waals surface area (Å²) in [4.78, 5) is 14.2. The monoisotopic (exact) mass is 397 g/mol. The second-order valence-corrected chi connectivity index (χ2v) is 7.33. The molecule has 0 radical (unpaired) electrons. The van der Waals surface area contributed by atoms with Crippen molar-refractivity contribution < 1.29 is 9.53 Å². The minimum absolute atomic E-state index is 0.310. The molecule has 1 aliphatic heterocycles. The van der Waals surface area contributed by atoms with Gasteiger partial charge in [-0.3, -0.25) is 0 Å². The van der Waals surface area contributed by atoms with E-state index in [2.05, 4.69) is 39.8 Å². The summed E-state index contributed by atoms with van der Waals surface area (Å²) >= 11 is 5.41. The number of anilines is 2. The van der Waals surface area contributed by atoms with Crippen molar-refractivity contribution in [2.45, 2.75) is 33.2 Å². The summed E-state index contributed by atoms with van der Waals surface area (Å²) < 4.78 is 5.03. The van der Waals surface area contributed by atoms with Gasteiger partial charge < -0.3 is 20.3 Å². The van der Waals surface area contributed by atoms with E-state index in [0.29, 0.717) is 23.8 Å². The fourth-order valence-corrected chi connectivity index (χ4v) is 3.48. The maximum atomic E-state index is 11.8. The van der Waals surface area contributed by atoms with Gasteiger partial charge in [-0.1, -0.05) is 12.1 Å². The van der Waals surface area contributed by atoms with Crippen LogP contribution in [0.25, 0.3) is 0 Å². The van der Waals surface area contributed by atoms with Gasteiger partial charge >= 0.3 is 5.97 Å². The average molecular weight is 398 g/mol. The number of nitrogens with one attached hydrogen (secondary N) is 2. The fraction of sp³-hybridized carbons (Fsp3) is 0.364. The molecule has 1 heterocycles. The molecule has 1 aliphatic rings. The lowest BCUT2D eigenvalue weighted by Crippen LogP contribution is -2.28. The molecular formula is C22H27N3O2S. The Morgan fingerprint density at radius 3 is 2.50 bits per heavy atom. The molecule has 0 aliphatic carbocycles. The van der Waals surface area contributed by atoms with Crippen LogP contribution in [0.2, 0.25) is 0 Å². The Balaban J connectivity index is 1.52. The second-order valence-electron chi connectivity index (χ2n) is 6.92. The summed E-state index contributed by atoms with van der Waals surface area (Å²) in [6, 6.07) is 14.0. The van der Waals surface area contributed by atoms with Crippen molar-refractivity contribution in [3.63, 3.8) is 0 Å². The number of ether oxygens (including phenoxy) is 1. The first-order valence-corrected chi connectivity index (χ1v) is 10.1. The molecule has 2 aromatic carbocycles. The molecule has 1 fully saturated rings. The van der Waals surface area contributed by atoms with Crippen LogP contribution >= 0.6 is 12.2 Å². The van der Waals surface area contributed by atoms with Crippen molar-refractivity contribution in [1.29, 1.82) is 0 Å². The molecule has 0 saturated carbocycles. The minimum Gasteiger partial charge on any atom is -0.462 e. The van der Waals surface area contributed by atoms with Gasteiger partial charge in [0, 0.05) is 31.0 Å². The normalized spacial score (nSPS) is 13.3. The van der Waals surface area contributed by atoms with Crippen LogP contribution in [0.15, 0.2) is 42.5 Å². The number of aryl methyl sites for hydroxylation is 1. The molecule has 148 valence electrons. The molecule has 0 unspecified atom stereocenters. The van der Waals surface area contributed by atoms with E-state index in [0.717, 1.165) is 24.3 Å². The largest absolute Gasteiger partial charge is 0.462 e. The molecule has 0 amide bonds. The number of nitrogens with zero attached hydrogens (tertiary/aromatic N) is 1. The zero-order valence-corrected chi connectivity index (χ0v) is 17.3. The van der Waals surface area contributed by atoms with Gasteiger partial charge in [0.2, 0.25) is 0 Å². The zero-order chi connectivity index (χ0) is 19.9. The summed E-state index contributed by atoms with van der Waals surface area (Å²) in [5.41, 5.74) is 4.82. The summed E-state index contributed by atoms with van der Waals surface area (Å²) in [5, 5.41) is 6.98. The lowest BCUT2D eigenvalue weighted by molar-refractivity contribution is 0.0526. The third kappa shape index (κ3) is 5.23. The van der Waals surface area contributed by atoms with Crippen molar-refractivity contribution in [1.82, 2.24) is 5.32 Å². The highest BCUT2D eigenvalue weighted by Gasteiger charge is 2.12. The van der Waals surface area contributed by atoms with Gasteiger partial charge in [0.1, 0.15) is 0 Å². The Labute approximate surface area is 172 Å². The number of carbonyl (C=O) groups is 1. The third-order valence-electron chi connectivity index (χ3n) is 4.85. The van der Waals surface area contributed by atoms with Crippen LogP contribution in [0.1, 0.15) is 41.3 Å². The Morgan fingerprint density at radius 1 is 1.14 bits per heavy atom. The topological polar surface area (TPSA) is 53.6 Å². The van der Waals surface area contributed by atoms with Crippen LogP contribution in [0.3, 0.4) is 0 Å². The van der Waals surface area contributed by atoms with Gasteiger partial charge in [0.15, 0.2) is 5.11 Å². The molecule has 28 heavy (non-hydrogen) atoms. The number of thiocarbonyl (C=S) groups is 1. The van der Waals surface area contributed by atoms with Crippen molar-refractivity contribution in [3.05, 3.63) is 59.2 Å². The van der Waals surface area contributed by atoms with Crippen LogP contribution in [0.5, 0.6) is 0 Å². The van der Waals surface area contributed by atoms with E-state index < -0.39 is 0 Å². The molecule has 2 aromatic rings. The highest BCUT2D eigenvalue weighted by molar-refractivity contribution is 7.80. The predicted octanol–water partition coefficient (Wildman–Crippen LogP) is 4.26. The van der Waals surface area contributed by atoms with Crippen LogP contribution in [0, 0.1) is 6.92 Å². The van der Waals surface area contributed by atoms with Crippen molar-refractivity contribution in [2.24, 2.45) is 0 Å². The molecule has 0 aromatic heterocycles. The van der Waals surface area contributed by atoms with E-state index in [9.17, 15) is 4.79 Å². The van der Waals surface area contributed by atoms with Gasteiger partial charge in [0.05, 0.1) is 12.2 Å². The number of hydrogen-bond donors (Lipinski definition) is 2. The van der Waals surface area contributed by atoms with Crippen LogP contribution in [0.4, 0.5) is 11.4 Å². The molecule has 2 N–H and O–H groups in total. The fourth-order valence-electron chi connectivity index (χ4n) is 3.29. The summed E-state index contributed by atoms with van der Waals surface area (Å²) in [6.45, 7) is 7.06. The first-order valence-electron chi connectivity index (χ1n) is 9.73. The highest BCUT2D eigenvalue weighted by atomic mass is 32.1. The Morgan fingerprint density at radius 2 is 1.86 bits per heavy atom. The zero-order valence-electron chi connectivity index (χ0n) is 16.5. The lowest BCUT2D eigenvalue weighted by atomic mass is 10.1. The van der Waals surface area contributed by atoms with E-state index in [4.69, 9.17) is 17.0 Å². The molecule has 5 nitrogen and oxygen atoms in total. The first kappa shape index (κ1) is 20.1. The van der Waals surface area contributed by atoms with Gasteiger partial charge in [-0.2, -0.15) is 0 Å². The van der Waals surface area contributed by atoms with Gasteiger partial charge in [-0.25, -0.2) is 4.79 Å². The molecule has 6 heteroatoms. The number of benzene rings is 2. The first-order chi connectivity index (χ1) is 13.6. The molecule has 3 rings (SSSR count). The van der Waals surface area contributed by atoms with Crippen molar-refractivity contribution in [3.8, 4) is 0 Å². The van der Waals surface area contributed by atoms with Crippen molar-refractivity contribution >= 4 is 34.7 Å². The van der Waals surface area contributed by atoms with Crippen LogP contribution in [-0.4, -0.2) is 30.8 Å². The molecular weight excluding hydrogens is 370 g/mol. The predicted molar refractivity (Wildman–Crippen MR) is 118 cm³/mol. The number of carbonyl (C=O) groups excluding carboxylic acids is 1. The molecule has 0 atom stereocenters. The highest BCUT2D eigenvalue weighted by Crippen LogP contribution is 2.20. The van der Waals surface area contributed by atoms with Crippen LogP contribution in [-0.2, 0) is 11.3 Å². The quantitative estimate of drug-likeness (QED) is 0.561. The maximum Gasteiger partial charge on any atom is 0.338 e. The average Bonchev–Trinajstić information content (AvgIpc) is 3.23. The third-order valence-corrected chi connectivity index (χ3v) is 5.09. The van der Waals surface area contributed by atoms with Gasteiger partial charge in [-0.05, 0) is 80.4 Å². The minimum atomic E-state index is -0.310. The number of esters is 1. The van der Waals surface area contributed by atoms with E-state index in [1.807, 2.05) is 13.0 Å². The number of rotatable bonds is 6. The molecule has 0 bridgehead atoms. The Hall–Kier alpha value is -2.60. The van der Waals surface area contributed by atoms with E-state index in [1.165, 1.54) is 24.1 Å². The molecule has 1 saturated heterocycles. The van der Waals surface area contributed by atoms with E-state index in [-0.39, 0.29) is 5.97 Å². The standard InChI is InChI=1S/C22H27N3O2S/c1-3-27-21(26)18-8-11-20(16(2)14-18)24-22(28)23-15-17-6-9-19(10-7-17)25-12-4-5-13-25/h6-11,14H,3-5,12-13,15H2,1-2H3,(H2,23,24,28). The SMILES string of the molecule is CCOC(=O)c1ccc(NC(=S)NCc2ccc(N3CCCC3)cc2)c(C)c1.